The number of alkyl halides is 1. The topological polar surface area (TPSA) is 37.4 Å². The maximum absolute atomic E-state index is 11.6. The highest BCUT2D eigenvalue weighted by Gasteiger charge is 2.32. The van der Waals surface area contributed by atoms with Crippen molar-refractivity contribution in [3.63, 3.8) is 0 Å². The second-order valence-electron chi connectivity index (χ2n) is 4.78. The van der Waals surface area contributed by atoms with Crippen LogP contribution in [0.25, 0.3) is 0 Å². The number of nitrogens with zero attached hydrogens (tertiary/aromatic N) is 1. The summed E-state index contributed by atoms with van der Waals surface area (Å²) < 4.78 is 24.9. The lowest BCUT2D eigenvalue weighted by Gasteiger charge is -2.36. The predicted octanol–water partition coefficient (Wildman–Crippen LogP) is 2.22. The SMILES string of the molecule is CC(C)C[C@@H]1C[C@@H](Br)CCN1S(C)(=O)=O. The van der Waals surface area contributed by atoms with Crippen molar-refractivity contribution in [2.45, 2.75) is 44.0 Å². The summed E-state index contributed by atoms with van der Waals surface area (Å²) in [5.74, 6) is 0.539. The Balaban J connectivity index is 2.75. The van der Waals surface area contributed by atoms with E-state index < -0.39 is 10.0 Å². The Bertz CT molecular complexity index is 301. The summed E-state index contributed by atoms with van der Waals surface area (Å²) in [6, 6.07) is 0.179. The fraction of sp³-hybridized carbons (Fsp3) is 1.00. The highest BCUT2D eigenvalue weighted by molar-refractivity contribution is 9.09. The van der Waals surface area contributed by atoms with Crippen LogP contribution in [0.3, 0.4) is 0 Å². The van der Waals surface area contributed by atoms with E-state index >= 15 is 0 Å². The predicted molar refractivity (Wildman–Crippen MR) is 66.7 cm³/mol. The van der Waals surface area contributed by atoms with E-state index in [2.05, 4.69) is 29.8 Å². The number of sulfonamides is 1. The van der Waals surface area contributed by atoms with Crippen molar-refractivity contribution in [2.75, 3.05) is 12.8 Å². The third-order valence-electron chi connectivity index (χ3n) is 2.77. The van der Waals surface area contributed by atoms with Crippen molar-refractivity contribution in [2.24, 2.45) is 5.92 Å². The molecule has 0 aromatic rings. The van der Waals surface area contributed by atoms with Crippen molar-refractivity contribution < 1.29 is 8.42 Å². The molecule has 0 amide bonds. The van der Waals surface area contributed by atoms with E-state index in [1.807, 2.05) is 0 Å². The molecule has 1 fully saturated rings. The number of halogens is 1. The molecule has 0 aromatic carbocycles. The molecular weight excluding hydrogens is 278 g/mol. The average Bonchev–Trinajstić information content (AvgIpc) is 1.99. The third-order valence-corrected chi connectivity index (χ3v) is 4.93. The van der Waals surface area contributed by atoms with E-state index in [-0.39, 0.29) is 6.04 Å². The summed E-state index contributed by atoms with van der Waals surface area (Å²) in [4.78, 5) is 0.472. The molecule has 1 aliphatic rings. The van der Waals surface area contributed by atoms with E-state index in [9.17, 15) is 8.42 Å². The van der Waals surface area contributed by atoms with Gasteiger partial charge in [0, 0.05) is 17.4 Å². The fourth-order valence-electron chi connectivity index (χ4n) is 2.18. The Morgan fingerprint density at radius 3 is 2.53 bits per heavy atom. The van der Waals surface area contributed by atoms with Crippen LogP contribution in [0, 0.1) is 5.92 Å². The standard InChI is InChI=1S/C10H20BrNO2S/c1-8(2)6-10-7-9(11)4-5-12(10)15(3,13)14/h8-10H,4-7H2,1-3H3/t9-,10+/m0/s1. The molecule has 0 aliphatic carbocycles. The van der Waals surface area contributed by atoms with E-state index in [0.29, 0.717) is 17.3 Å². The van der Waals surface area contributed by atoms with Gasteiger partial charge in [0.15, 0.2) is 0 Å². The first-order valence-electron chi connectivity index (χ1n) is 5.41. The van der Waals surface area contributed by atoms with Gasteiger partial charge in [-0.05, 0) is 25.2 Å². The summed E-state index contributed by atoms with van der Waals surface area (Å²) in [6.07, 6.45) is 4.12. The zero-order valence-electron chi connectivity index (χ0n) is 9.61. The van der Waals surface area contributed by atoms with Gasteiger partial charge in [0.2, 0.25) is 10.0 Å². The summed E-state index contributed by atoms with van der Waals surface area (Å²) in [7, 11) is -3.03. The van der Waals surface area contributed by atoms with E-state index in [4.69, 9.17) is 0 Å². The molecule has 0 bridgehead atoms. The van der Waals surface area contributed by atoms with Crippen LogP contribution in [0.15, 0.2) is 0 Å². The first-order chi connectivity index (χ1) is 6.80. The minimum absolute atomic E-state index is 0.179. The number of rotatable bonds is 3. The minimum atomic E-state index is -3.03. The third kappa shape index (κ3) is 4.04. The van der Waals surface area contributed by atoms with Gasteiger partial charge in [-0.25, -0.2) is 8.42 Å². The van der Waals surface area contributed by atoms with E-state index in [1.54, 1.807) is 4.31 Å². The van der Waals surface area contributed by atoms with Gasteiger partial charge in [-0.2, -0.15) is 4.31 Å². The summed E-state index contributed by atoms with van der Waals surface area (Å²) in [5.41, 5.74) is 0. The van der Waals surface area contributed by atoms with Gasteiger partial charge in [-0.3, -0.25) is 0 Å². The molecule has 15 heavy (non-hydrogen) atoms. The number of hydrogen-bond acceptors (Lipinski definition) is 2. The van der Waals surface area contributed by atoms with Crippen molar-refractivity contribution in [3.05, 3.63) is 0 Å². The maximum atomic E-state index is 11.6. The lowest BCUT2D eigenvalue weighted by molar-refractivity contribution is 0.230. The Morgan fingerprint density at radius 1 is 1.47 bits per heavy atom. The zero-order chi connectivity index (χ0) is 11.6. The van der Waals surface area contributed by atoms with Crippen molar-refractivity contribution in [1.82, 2.24) is 4.31 Å². The average molecular weight is 298 g/mol. The Kier molecular flexibility index (Phi) is 4.62. The molecule has 0 aromatic heterocycles. The van der Waals surface area contributed by atoms with Gasteiger partial charge >= 0.3 is 0 Å². The molecule has 1 saturated heterocycles. The van der Waals surface area contributed by atoms with E-state index in [0.717, 1.165) is 19.3 Å². The molecule has 1 rings (SSSR count). The molecule has 90 valence electrons. The largest absolute Gasteiger partial charge is 0.212 e. The molecule has 0 saturated carbocycles. The van der Waals surface area contributed by atoms with Crippen LogP contribution in [0.5, 0.6) is 0 Å². The first-order valence-corrected chi connectivity index (χ1v) is 8.18. The summed E-state index contributed by atoms with van der Waals surface area (Å²) >= 11 is 3.59. The lowest BCUT2D eigenvalue weighted by atomic mass is 9.96. The monoisotopic (exact) mass is 297 g/mol. The number of piperidine rings is 1. The molecule has 3 nitrogen and oxygen atoms in total. The van der Waals surface area contributed by atoms with Crippen LogP contribution in [-0.2, 0) is 10.0 Å². The quantitative estimate of drug-likeness (QED) is 0.749. The molecule has 2 atom stereocenters. The van der Waals surface area contributed by atoms with Gasteiger partial charge in [-0.15, -0.1) is 0 Å². The van der Waals surface area contributed by atoms with Gasteiger partial charge in [0.25, 0.3) is 0 Å². The molecule has 1 aliphatic heterocycles. The molecular formula is C10H20BrNO2S. The van der Waals surface area contributed by atoms with Gasteiger partial charge < -0.3 is 0 Å². The van der Waals surface area contributed by atoms with Gasteiger partial charge in [-0.1, -0.05) is 29.8 Å². The number of hydrogen-bond donors (Lipinski definition) is 0. The Morgan fingerprint density at radius 2 is 2.07 bits per heavy atom. The second kappa shape index (κ2) is 5.15. The minimum Gasteiger partial charge on any atom is -0.212 e. The molecule has 1 heterocycles. The molecule has 0 radical (unpaired) electrons. The Hall–Kier alpha value is 0.390. The van der Waals surface area contributed by atoms with Crippen molar-refractivity contribution >= 4 is 26.0 Å². The normalized spacial score (nSPS) is 29.7. The molecule has 0 spiro atoms. The molecule has 0 unspecified atom stereocenters. The highest BCUT2D eigenvalue weighted by Crippen LogP contribution is 2.28. The van der Waals surface area contributed by atoms with Crippen LogP contribution in [0.4, 0.5) is 0 Å². The van der Waals surface area contributed by atoms with Gasteiger partial charge in [0.1, 0.15) is 0 Å². The molecule has 0 N–H and O–H groups in total. The summed E-state index contributed by atoms with van der Waals surface area (Å²) in [5, 5.41) is 0. The second-order valence-corrected chi connectivity index (χ2v) is 8.01. The van der Waals surface area contributed by atoms with Crippen LogP contribution >= 0.6 is 15.9 Å². The Labute approximate surface area is 101 Å². The van der Waals surface area contributed by atoms with Crippen molar-refractivity contribution in [3.8, 4) is 0 Å². The molecule has 5 heteroatoms. The van der Waals surface area contributed by atoms with Crippen LogP contribution in [-0.4, -0.2) is 36.4 Å². The van der Waals surface area contributed by atoms with Crippen LogP contribution in [0.2, 0.25) is 0 Å². The van der Waals surface area contributed by atoms with Crippen LogP contribution in [0.1, 0.15) is 33.1 Å². The smallest absolute Gasteiger partial charge is 0.211 e. The van der Waals surface area contributed by atoms with E-state index in [1.165, 1.54) is 6.26 Å². The van der Waals surface area contributed by atoms with Crippen LogP contribution < -0.4 is 0 Å². The maximum Gasteiger partial charge on any atom is 0.211 e. The summed E-state index contributed by atoms with van der Waals surface area (Å²) in [6.45, 7) is 4.93. The first kappa shape index (κ1) is 13.5. The fourth-order valence-corrected chi connectivity index (χ4v) is 3.96. The zero-order valence-corrected chi connectivity index (χ0v) is 12.0. The van der Waals surface area contributed by atoms with Gasteiger partial charge in [0.05, 0.1) is 6.26 Å². The lowest BCUT2D eigenvalue weighted by Crippen LogP contribution is -2.46. The van der Waals surface area contributed by atoms with Crippen molar-refractivity contribution in [1.29, 1.82) is 0 Å². The highest BCUT2D eigenvalue weighted by atomic mass is 79.9.